The summed E-state index contributed by atoms with van der Waals surface area (Å²) in [6.07, 6.45) is 3.48. The Morgan fingerprint density at radius 1 is 1.23 bits per heavy atom. The number of rotatable bonds is 4. The third-order valence-electron chi connectivity index (χ3n) is 2.86. The summed E-state index contributed by atoms with van der Waals surface area (Å²) in [6, 6.07) is 5.88. The number of nitrogens with zero attached hydrogens (tertiary/aromatic N) is 3. The quantitative estimate of drug-likeness (QED) is 0.879. The molecule has 0 spiro atoms. The summed E-state index contributed by atoms with van der Waals surface area (Å²) in [7, 11) is 1.31. The maximum absolute atomic E-state index is 12.8. The third-order valence-corrected chi connectivity index (χ3v) is 2.86. The summed E-state index contributed by atoms with van der Waals surface area (Å²) in [4.78, 5) is 3.83. The zero-order valence-corrected chi connectivity index (χ0v) is 15.5. The number of halogens is 1. The molecule has 1 N–H and O–H groups in total. The number of aliphatic hydroxyl groups is 1. The van der Waals surface area contributed by atoms with E-state index in [4.69, 9.17) is 0 Å². The van der Waals surface area contributed by atoms with Gasteiger partial charge in [-0.15, -0.1) is 0 Å². The number of hydrogen-bond acceptors (Lipinski definition) is 3. The van der Waals surface area contributed by atoms with Crippen molar-refractivity contribution in [1.29, 1.82) is 0 Å². The summed E-state index contributed by atoms with van der Waals surface area (Å²) in [5.74, 6) is -0.312. The predicted octanol–water partition coefficient (Wildman–Crippen LogP) is 2.78. The second kappa shape index (κ2) is 12.1. The molecule has 1 aromatic heterocycles. The zero-order valence-electron chi connectivity index (χ0n) is 13.5. The molecular formula is C16H30FN3OSi. The summed E-state index contributed by atoms with van der Waals surface area (Å²) >= 11 is 0. The minimum absolute atomic E-state index is 0. The van der Waals surface area contributed by atoms with Crippen molar-refractivity contribution in [3.63, 3.8) is 0 Å². The Balaban J connectivity index is 0. The molecule has 0 radical (unpaired) electrons. The molecule has 1 unspecified atom stereocenters. The van der Waals surface area contributed by atoms with E-state index in [2.05, 4.69) is 16.6 Å². The molecule has 1 heterocycles. The van der Waals surface area contributed by atoms with E-state index in [0.29, 0.717) is 18.5 Å². The first-order valence-electron chi connectivity index (χ1n) is 7.45. The van der Waals surface area contributed by atoms with Crippen LogP contribution in [0.2, 0.25) is 6.55 Å². The summed E-state index contributed by atoms with van der Waals surface area (Å²) in [5, 5.41) is 14.5. The first-order chi connectivity index (χ1) is 10.1. The maximum Gasteiger partial charge on any atom is 0.137 e. The van der Waals surface area contributed by atoms with E-state index in [-0.39, 0.29) is 13.2 Å². The van der Waals surface area contributed by atoms with Crippen molar-refractivity contribution < 1.29 is 9.50 Å². The summed E-state index contributed by atoms with van der Waals surface area (Å²) in [6.45, 7) is 8.31. The van der Waals surface area contributed by atoms with E-state index in [1.165, 1.54) is 28.7 Å². The Morgan fingerprint density at radius 2 is 1.77 bits per heavy atom. The number of benzene rings is 1. The molecule has 1 aromatic carbocycles. The van der Waals surface area contributed by atoms with Crippen LogP contribution in [0.5, 0.6) is 0 Å². The highest BCUT2D eigenvalue weighted by atomic mass is 28.1. The SMILES string of the molecule is C.CC.CCC(O)(Cn1cncn1)c1ccc(F)cc1.C[SiH3]. The van der Waals surface area contributed by atoms with Crippen molar-refractivity contribution >= 4 is 10.2 Å². The van der Waals surface area contributed by atoms with Gasteiger partial charge in [-0.1, -0.05) is 46.9 Å². The van der Waals surface area contributed by atoms with E-state index < -0.39 is 5.60 Å². The van der Waals surface area contributed by atoms with Crippen molar-refractivity contribution in [3.8, 4) is 0 Å². The molecule has 0 amide bonds. The Morgan fingerprint density at radius 3 is 2.18 bits per heavy atom. The van der Waals surface area contributed by atoms with Crippen LogP contribution in [-0.2, 0) is 12.1 Å². The minimum atomic E-state index is -1.05. The molecule has 0 aliphatic rings. The van der Waals surface area contributed by atoms with Crippen LogP contribution in [0.25, 0.3) is 0 Å². The second-order valence-electron chi connectivity index (χ2n) is 3.99. The fourth-order valence-corrected chi connectivity index (χ4v) is 1.75. The molecule has 0 aliphatic carbocycles. The lowest BCUT2D eigenvalue weighted by Gasteiger charge is -2.27. The van der Waals surface area contributed by atoms with Gasteiger partial charge in [-0.05, 0) is 34.4 Å². The first kappa shape index (κ1) is 22.7. The van der Waals surface area contributed by atoms with Crippen LogP contribution >= 0.6 is 0 Å². The van der Waals surface area contributed by atoms with Gasteiger partial charge in [0, 0.05) is 0 Å². The van der Waals surface area contributed by atoms with E-state index >= 15 is 0 Å². The van der Waals surface area contributed by atoms with Crippen LogP contribution in [-0.4, -0.2) is 30.1 Å². The van der Waals surface area contributed by atoms with Gasteiger partial charge in [-0.25, -0.2) is 14.1 Å². The molecule has 0 aliphatic heterocycles. The van der Waals surface area contributed by atoms with Crippen molar-refractivity contribution in [3.05, 3.63) is 48.3 Å². The number of aromatic nitrogens is 3. The molecular weight excluding hydrogens is 297 g/mol. The van der Waals surface area contributed by atoms with Crippen molar-refractivity contribution in [2.24, 2.45) is 0 Å². The van der Waals surface area contributed by atoms with E-state index in [1.807, 2.05) is 20.8 Å². The average Bonchev–Trinajstić information content (AvgIpc) is 3.04. The highest BCUT2D eigenvalue weighted by molar-refractivity contribution is 6.05. The maximum atomic E-state index is 12.8. The van der Waals surface area contributed by atoms with Crippen molar-refractivity contribution in [1.82, 2.24) is 14.8 Å². The monoisotopic (exact) mass is 327 g/mol. The second-order valence-corrected chi connectivity index (χ2v) is 3.99. The Hall–Kier alpha value is -1.53. The summed E-state index contributed by atoms with van der Waals surface area (Å²) < 4.78 is 14.4. The fourth-order valence-electron chi connectivity index (χ4n) is 1.75. The largest absolute Gasteiger partial charge is 0.383 e. The van der Waals surface area contributed by atoms with Gasteiger partial charge in [0.1, 0.15) is 24.1 Å². The Kier molecular flexibility index (Phi) is 12.5. The molecule has 126 valence electrons. The molecule has 1 atom stereocenters. The minimum Gasteiger partial charge on any atom is -0.383 e. The van der Waals surface area contributed by atoms with Crippen molar-refractivity contribution in [2.45, 2.75) is 53.3 Å². The van der Waals surface area contributed by atoms with E-state index in [1.54, 1.807) is 23.1 Å². The highest BCUT2D eigenvalue weighted by Crippen LogP contribution is 2.26. The van der Waals surface area contributed by atoms with Crippen LogP contribution in [0.3, 0.4) is 0 Å². The summed E-state index contributed by atoms with van der Waals surface area (Å²) in [5.41, 5.74) is -0.376. The van der Waals surface area contributed by atoms with Gasteiger partial charge in [0.25, 0.3) is 0 Å². The van der Waals surface area contributed by atoms with Gasteiger partial charge >= 0.3 is 0 Å². The van der Waals surface area contributed by atoms with Gasteiger partial charge in [-0.3, -0.25) is 0 Å². The van der Waals surface area contributed by atoms with Crippen LogP contribution in [0.1, 0.15) is 40.2 Å². The van der Waals surface area contributed by atoms with Crippen LogP contribution in [0.15, 0.2) is 36.9 Å². The molecule has 0 saturated heterocycles. The lowest BCUT2D eigenvalue weighted by Crippen LogP contribution is -2.31. The first-order valence-corrected chi connectivity index (χ1v) is 9.45. The van der Waals surface area contributed by atoms with Crippen molar-refractivity contribution in [2.75, 3.05) is 0 Å². The highest BCUT2D eigenvalue weighted by Gasteiger charge is 2.28. The fraction of sp³-hybridized carbons (Fsp3) is 0.500. The van der Waals surface area contributed by atoms with Gasteiger partial charge in [0.15, 0.2) is 0 Å². The molecule has 0 bridgehead atoms. The smallest absolute Gasteiger partial charge is 0.137 e. The van der Waals surface area contributed by atoms with Crippen LogP contribution in [0.4, 0.5) is 4.39 Å². The Bertz CT molecular complexity index is 477. The molecule has 0 fully saturated rings. The Labute approximate surface area is 136 Å². The van der Waals surface area contributed by atoms with Gasteiger partial charge in [-0.2, -0.15) is 5.10 Å². The lowest BCUT2D eigenvalue weighted by molar-refractivity contribution is 0.0109. The molecule has 4 nitrogen and oxygen atoms in total. The average molecular weight is 328 g/mol. The standard InChI is InChI=1S/C12H14FN3O.C2H6.CH6Si.CH4/c1-2-12(17,7-16-9-14-8-15-16)10-3-5-11(13)6-4-10;2*1-2;/h3-6,8-9,17H,2,7H2,1H3;2*1-2H3;1H4. The molecule has 2 aromatic rings. The normalized spacial score (nSPS) is 11.9. The lowest BCUT2D eigenvalue weighted by atomic mass is 9.91. The van der Waals surface area contributed by atoms with E-state index in [0.717, 1.165) is 0 Å². The molecule has 0 saturated carbocycles. The van der Waals surface area contributed by atoms with Crippen LogP contribution in [0, 0.1) is 5.82 Å². The molecule has 2 rings (SSSR count). The third kappa shape index (κ3) is 6.49. The topological polar surface area (TPSA) is 50.9 Å². The van der Waals surface area contributed by atoms with Gasteiger partial charge in [0.2, 0.25) is 0 Å². The number of hydrogen-bond donors (Lipinski definition) is 1. The predicted molar refractivity (Wildman–Crippen MR) is 94.5 cm³/mol. The molecule has 6 heteroatoms. The van der Waals surface area contributed by atoms with Gasteiger partial charge < -0.3 is 5.11 Å². The van der Waals surface area contributed by atoms with Crippen LogP contribution < -0.4 is 0 Å². The van der Waals surface area contributed by atoms with Gasteiger partial charge in [0.05, 0.1) is 6.54 Å². The molecule has 22 heavy (non-hydrogen) atoms. The van der Waals surface area contributed by atoms with E-state index in [9.17, 15) is 9.50 Å². The zero-order chi connectivity index (χ0) is 16.3.